The lowest BCUT2D eigenvalue weighted by Crippen LogP contribution is -2.52. The summed E-state index contributed by atoms with van der Waals surface area (Å²) in [7, 11) is 0. The van der Waals surface area contributed by atoms with Crippen molar-refractivity contribution in [1.82, 2.24) is 4.90 Å². The van der Waals surface area contributed by atoms with Gasteiger partial charge in [-0.15, -0.1) is 0 Å². The van der Waals surface area contributed by atoms with Gasteiger partial charge in [0.05, 0.1) is 11.7 Å². The molecule has 1 atom stereocenters. The van der Waals surface area contributed by atoms with Crippen LogP contribution in [0.3, 0.4) is 0 Å². The fourth-order valence-corrected chi connectivity index (χ4v) is 3.91. The van der Waals surface area contributed by atoms with Crippen molar-refractivity contribution >= 4 is 5.91 Å². The zero-order valence-electron chi connectivity index (χ0n) is 14.3. The second-order valence-electron chi connectivity index (χ2n) is 7.58. The van der Waals surface area contributed by atoms with Gasteiger partial charge in [-0.25, -0.2) is 0 Å². The van der Waals surface area contributed by atoms with E-state index in [1.807, 2.05) is 35.2 Å². The van der Waals surface area contributed by atoms with Crippen molar-refractivity contribution < 1.29 is 14.3 Å². The highest BCUT2D eigenvalue weighted by atomic mass is 16.5. The molecule has 0 bridgehead atoms. The Kier molecular flexibility index (Phi) is 4.59. The van der Waals surface area contributed by atoms with Crippen molar-refractivity contribution in [3.05, 3.63) is 35.9 Å². The van der Waals surface area contributed by atoms with Crippen LogP contribution in [0, 0.1) is 5.92 Å². The monoisotopic (exact) mass is 329 g/mol. The number of piperidine rings is 1. The molecule has 2 heterocycles. The van der Waals surface area contributed by atoms with Crippen LogP contribution < -0.4 is 0 Å². The molecule has 0 radical (unpaired) electrons. The largest absolute Gasteiger partial charge is 0.378 e. The Morgan fingerprint density at radius 2 is 1.92 bits per heavy atom. The van der Waals surface area contributed by atoms with E-state index in [9.17, 15) is 4.79 Å². The third kappa shape index (κ3) is 3.65. The van der Waals surface area contributed by atoms with E-state index >= 15 is 0 Å². The molecule has 3 fully saturated rings. The molecule has 1 aromatic rings. The molecular formula is C20H27NO3. The van der Waals surface area contributed by atoms with Crippen LogP contribution in [0.25, 0.3) is 0 Å². The summed E-state index contributed by atoms with van der Waals surface area (Å²) < 4.78 is 12.3. The van der Waals surface area contributed by atoms with Crippen LogP contribution in [0.2, 0.25) is 0 Å². The van der Waals surface area contributed by atoms with E-state index in [4.69, 9.17) is 9.47 Å². The number of benzene rings is 1. The lowest BCUT2D eigenvalue weighted by atomic mass is 9.83. The summed E-state index contributed by atoms with van der Waals surface area (Å²) in [5, 5.41) is 0. The summed E-state index contributed by atoms with van der Waals surface area (Å²) in [4.78, 5) is 14.6. The summed E-state index contributed by atoms with van der Waals surface area (Å²) in [5.74, 6) is 0.955. The fraction of sp³-hybridized carbons (Fsp3) is 0.650. The summed E-state index contributed by atoms with van der Waals surface area (Å²) in [5.41, 5.74) is 0.712. The normalized spacial score (nSPS) is 26.5. The minimum atomic E-state index is -0.0695. The first kappa shape index (κ1) is 16.1. The van der Waals surface area contributed by atoms with Crippen LogP contribution >= 0.6 is 0 Å². The van der Waals surface area contributed by atoms with Crippen molar-refractivity contribution in [3.8, 4) is 0 Å². The van der Waals surface area contributed by atoms with Crippen LogP contribution in [0.4, 0.5) is 0 Å². The minimum Gasteiger partial charge on any atom is -0.378 e. The van der Waals surface area contributed by atoms with Gasteiger partial charge in [0.1, 0.15) is 0 Å². The molecule has 130 valence electrons. The molecule has 0 aromatic heterocycles. The summed E-state index contributed by atoms with van der Waals surface area (Å²) in [6.45, 7) is 3.29. The number of ether oxygens (including phenoxy) is 2. The predicted octanol–water partition coefficient (Wildman–Crippen LogP) is 3.27. The highest BCUT2D eigenvalue weighted by Crippen LogP contribution is 2.37. The first-order valence-corrected chi connectivity index (χ1v) is 9.34. The zero-order valence-corrected chi connectivity index (χ0v) is 14.3. The Balaban J connectivity index is 1.32. The summed E-state index contributed by atoms with van der Waals surface area (Å²) in [6.07, 6.45) is 6.88. The number of carbonyl (C=O) groups is 1. The van der Waals surface area contributed by atoms with Crippen LogP contribution in [0.15, 0.2) is 30.3 Å². The Hall–Kier alpha value is -1.39. The molecule has 1 aromatic carbocycles. The molecule has 2 aliphatic heterocycles. The lowest BCUT2D eigenvalue weighted by molar-refractivity contribution is -0.153. The van der Waals surface area contributed by atoms with Gasteiger partial charge in [0.15, 0.2) is 0 Å². The topological polar surface area (TPSA) is 38.8 Å². The first-order valence-electron chi connectivity index (χ1n) is 9.34. The molecule has 2 saturated heterocycles. The van der Waals surface area contributed by atoms with Gasteiger partial charge >= 0.3 is 0 Å². The Labute approximate surface area is 144 Å². The van der Waals surface area contributed by atoms with Gasteiger partial charge in [0, 0.05) is 38.3 Å². The molecule has 1 saturated carbocycles. The molecule has 3 aliphatic rings. The van der Waals surface area contributed by atoms with Gasteiger partial charge in [-0.2, -0.15) is 0 Å². The predicted molar refractivity (Wildman–Crippen MR) is 92.0 cm³/mol. The quantitative estimate of drug-likeness (QED) is 0.851. The third-order valence-corrected chi connectivity index (χ3v) is 5.69. The maximum absolute atomic E-state index is 12.6. The van der Waals surface area contributed by atoms with E-state index in [2.05, 4.69) is 0 Å². The smallest absolute Gasteiger partial charge is 0.253 e. The minimum absolute atomic E-state index is 0.0695. The van der Waals surface area contributed by atoms with Crippen LogP contribution in [-0.4, -0.2) is 48.8 Å². The maximum Gasteiger partial charge on any atom is 0.253 e. The van der Waals surface area contributed by atoms with E-state index in [1.165, 1.54) is 12.8 Å². The number of rotatable bonds is 4. The van der Waals surface area contributed by atoms with Crippen molar-refractivity contribution in [2.24, 2.45) is 5.92 Å². The van der Waals surface area contributed by atoms with E-state index in [0.29, 0.717) is 6.10 Å². The highest BCUT2D eigenvalue weighted by molar-refractivity contribution is 5.94. The molecule has 0 N–H and O–H groups in total. The molecule has 1 aliphatic carbocycles. The van der Waals surface area contributed by atoms with Crippen LogP contribution in [0.1, 0.15) is 48.9 Å². The van der Waals surface area contributed by atoms with Gasteiger partial charge < -0.3 is 14.4 Å². The average molecular weight is 329 g/mol. The van der Waals surface area contributed by atoms with E-state index in [-0.39, 0.29) is 11.5 Å². The Bertz CT molecular complexity index is 562. The molecular weight excluding hydrogens is 302 g/mol. The molecule has 4 rings (SSSR count). The highest BCUT2D eigenvalue weighted by Gasteiger charge is 2.42. The summed E-state index contributed by atoms with van der Waals surface area (Å²) in [6, 6.07) is 9.58. The number of carbonyl (C=O) groups excluding carboxylic acids is 1. The second-order valence-corrected chi connectivity index (χ2v) is 7.58. The number of hydrogen-bond acceptors (Lipinski definition) is 3. The summed E-state index contributed by atoms with van der Waals surface area (Å²) >= 11 is 0. The number of hydrogen-bond donors (Lipinski definition) is 0. The Morgan fingerprint density at radius 1 is 1.17 bits per heavy atom. The molecule has 4 nitrogen and oxygen atoms in total. The fourth-order valence-electron chi connectivity index (χ4n) is 3.91. The third-order valence-electron chi connectivity index (χ3n) is 5.69. The number of amides is 1. The molecule has 24 heavy (non-hydrogen) atoms. The van der Waals surface area contributed by atoms with Crippen molar-refractivity contribution in [1.29, 1.82) is 0 Å². The Morgan fingerprint density at radius 3 is 2.62 bits per heavy atom. The first-order chi connectivity index (χ1) is 11.7. The lowest BCUT2D eigenvalue weighted by Gasteiger charge is -2.46. The van der Waals surface area contributed by atoms with Gasteiger partial charge in [-0.1, -0.05) is 18.2 Å². The van der Waals surface area contributed by atoms with Crippen molar-refractivity contribution in [2.75, 3.05) is 26.3 Å². The molecule has 1 unspecified atom stereocenters. The van der Waals surface area contributed by atoms with Gasteiger partial charge in [-0.3, -0.25) is 4.79 Å². The number of likely N-dealkylation sites (tertiary alicyclic amines) is 1. The number of nitrogens with zero attached hydrogens (tertiary/aromatic N) is 1. The SMILES string of the molecule is O=C(c1ccccc1)N1CCC2(CC1)CC(OCC1CC1)CCO2. The van der Waals surface area contributed by atoms with Crippen LogP contribution in [0.5, 0.6) is 0 Å². The van der Waals surface area contributed by atoms with Crippen molar-refractivity contribution in [3.63, 3.8) is 0 Å². The standard InChI is InChI=1S/C20H27NO3/c22-19(17-4-2-1-3-5-17)21-11-9-20(10-12-21)14-18(8-13-24-20)23-15-16-6-7-16/h1-5,16,18H,6-15H2. The van der Waals surface area contributed by atoms with E-state index < -0.39 is 0 Å². The second kappa shape index (κ2) is 6.85. The van der Waals surface area contributed by atoms with Gasteiger partial charge in [0.25, 0.3) is 5.91 Å². The van der Waals surface area contributed by atoms with Crippen LogP contribution in [-0.2, 0) is 9.47 Å². The van der Waals surface area contributed by atoms with Crippen molar-refractivity contribution in [2.45, 2.75) is 50.2 Å². The van der Waals surface area contributed by atoms with Gasteiger partial charge in [-0.05, 0) is 50.2 Å². The zero-order chi connectivity index (χ0) is 16.4. The molecule has 1 spiro atoms. The van der Waals surface area contributed by atoms with E-state index in [0.717, 1.165) is 63.5 Å². The molecule has 4 heteroatoms. The van der Waals surface area contributed by atoms with E-state index in [1.54, 1.807) is 0 Å². The average Bonchev–Trinajstić information content (AvgIpc) is 3.46. The molecule has 1 amide bonds. The maximum atomic E-state index is 12.6. The van der Waals surface area contributed by atoms with Gasteiger partial charge in [0.2, 0.25) is 0 Å².